The quantitative estimate of drug-likeness (QED) is 0.153. The van der Waals surface area contributed by atoms with Gasteiger partial charge in [0.1, 0.15) is 5.75 Å². The fraction of sp³-hybridized carbons (Fsp3) is 0.326. The maximum atomic E-state index is 11.8. The van der Waals surface area contributed by atoms with E-state index in [9.17, 15) is 4.79 Å². The van der Waals surface area contributed by atoms with Crippen LogP contribution in [0.1, 0.15) is 59.2 Å². The number of hydrogen-bond donors (Lipinski definition) is 0. The van der Waals surface area contributed by atoms with Gasteiger partial charge in [-0.2, -0.15) is 0 Å². The minimum Gasteiger partial charge on any atom is -0.496 e. The summed E-state index contributed by atoms with van der Waals surface area (Å²) in [4.78, 5) is 16.7. The van der Waals surface area contributed by atoms with Gasteiger partial charge in [-0.3, -0.25) is 4.79 Å². The van der Waals surface area contributed by atoms with Gasteiger partial charge in [-0.15, -0.1) is 0 Å². The normalized spacial score (nSPS) is 18.5. The predicted octanol–water partition coefficient (Wildman–Crippen LogP) is 8.72. The maximum absolute atomic E-state index is 11.8. The molecule has 0 saturated carbocycles. The molecule has 0 bridgehead atoms. The highest BCUT2D eigenvalue weighted by Gasteiger charge is 2.38. The molecule has 1 saturated heterocycles. The fourth-order valence-corrected chi connectivity index (χ4v) is 7.16. The van der Waals surface area contributed by atoms with Crippen LogP contribution in [0.4, 0.5) is 5.69 Å². The Bertz CT molecular complexity index is 1580. The van der Waals surface area contributed by atoms with Crippen LogP contribution in [0.15, 0.2) is 133 Å². The summed E-state index contributed by atoms with van der Waals surface area (Å²) in [6, 6.07) is 36.9. The van der Waals surface area contributed by atoms with Gasteiger partial charge in [0.2, 0.25) is 0 Å². The Morgan fingerprint density at radius 1 is 0.833 bits per heavy atom. The van der Waals surface area contributed by atoms with Crippen LogP contribution in [0, 0.1) is 0 Å². The average molecular weight is 643 g/mol. The topological polar surface area (TPSA) is 42.0 Å². The second kappa shape index (κ2) is 17.1. The highest BCUT2D eigenvalue weighted by molar-refractivity contribution is 6.08. The number of anilines is 1. The summed E-state index contributed by atoms with van der Waals surface area (Å²) in [6.45, 7) is 5.86. The molecule has 0 spiro atoms. The zero-order valence-corrected chi connectivity index (χ0v) is 28.9. The van der Waals surface area contributed by atoms with E-state index in [0.29, 0.717) is 12.0 Å². The number of likely N-dealkylation sites (N-methyl/N-ethyl adjacent to an activating group) is 1. The van der Waals surface area contributed by atoms with Crippen molar-refractivity contribution in [1.82, 2.24) is 4.90 Å². The summed E-state index contributed by atoms with van der Waals surface area (Å²) in [6.07, 6.45) is 12.2. The molecule has 3 atom stereocenters. The maximum Gasteiger partial charge on any atom is 0.193 e. The van der Waals surface area contributed by atoms with E-state index in [4.69, 9.17) is 9.47 Å². The molecule has 0 N–H and O–H groups in total. The number of ether oxygens (including phenoxy) is 2. The van der Waals surface area contributed by atoms with Crippen LogP contribution in [0.25, 0.3) is 0 Å². The molecule has 48 heavy (non-hydrogen) atoms. The van der Waals surface area contributed by atoms with E-state index in [0.717, 1.165) is 62.4 Å². The molecule has 1 heterocycles. The number of carbonyl (C=O) groups excluding carboxylic acids is 1. The van der Waals surface area contributed by atoms with Gasteiger partial charge in [0.05, 0.1) is 20.3 Å². The van der Waals surface area contributed by atoms with Crippen LogP contribution in [0.2, 0.25) is 0 Å². The molecule has 0 radical (unpaired) electrons. The summed E-state index contributed by atoms with van der Waals surface area (Å²) in [5.41, 5.74) is 5.36. The summed E-state index contributed by atoms with van der Waals surface area (Å²) in [5.74, 6) is 1.44. The SMILES string of the molecule is CCC(C(CC1(c2ccccc2OC)C=CC=CC1)c1ccc(N2CCOCC2)cc1)N(C)C.O=C(c1ccccc1)c1ccccc1. The van der Waals surface area contributed by atoms with E-state index in [2.05, 4.69) is 104 Å². The zero-order valence-electron chi connectivity index (χ0n) is 28.9. The third-order valence-electron chi connectivity index (χ3n) is 9.69. The van der Waals surface area contributed by atoms with Crippen molar-refractivity contribution in [1.29, 1.82) is 0 Å². The number of carbonyl (C=O) groups is 1. The number of allylic oxidation sites excluding steroid dienone is 4. The molecule has 6 rings (SSSR count). The average Bonchev–Trinajstić information content (AvgIpc) is 3.16. The molecular formula is C43H50N2O3. The molecule has 4 aromatic carbocycles. The summed E-state index contributed by atoms with van der Waals surface area (Å²) < 4.78 is 11.4. The van der Waals surface area contributed by atoms with Gasteiger partial charge in [0, 0.05) is 52.8 Å². The van der Waals surface area contributed by atoms with Crippen LogP contribution in [-0.2, 0) is 10.2 Å². The third kappa shape index (κ3) is 8.52. The van der Waals surface area contributed by atoms with Crippen LogP contribution in [-0.4, -0.2) is 64.2 Å². The lowest BCUT2D eigenvalue weighted by atomic mass is 9.66. The highest BCUT2D eigenvalue weighted by atomic mass is 16.5. The lowest BCUT2D eigenvalue weighted by molar-refractivity contribution is 0.103. The zero-order chi connectivity index (χ0) is 33.8. The van der Waals surface area contributed by atoms with Crippen molar-refractivity contribution < 1.29 is 14.3 Å². The Morgan fingerprint density at radius 2 is 1.44 bits per heavy atom. The Balaban J connectivity index is 0.000000267. The number of benzene rings is 4. The van der Waals surface area contributed by atoms with Gasteiger partial charge < -0.3 is 19.3 Å². The number of nitrogens with zero attached hydrogens (tertiary/aromatic N) is 2. The molecule has 1 fully saturated rings. The molecule has 3 unspecified atom stereocenters. The fourth-order valence-electron chi connectivity index (χ4n) is 7.16. The molecule has 1 aliphatic heterocycles. The second-order valence-electron chi connectivity index (χ2n) is 12.8. The number of hydrogen-bond acceptors (Lipinski definition) is 5. The van der Waals surface area contributed by atoms with Crippen molar-refractivity contribution in [2.24, 2.45) is 0 Å². The minimum absolute atomic E-state index is 0.0752. The first-order chi connectivity index (χ1) is 23.5. The first kappa shape index (κ1) is 34.9. The second-order valence-corrected chi connectivity index (χ2v) is 12.8. The van der Waals surface area contributed by atoms with Crippen LogP contribution in [0.3, 0.4) is 0 Å². The third-order valence-corrected chi connectivity index (χ3v) is 9.69. The van der Waals surface area contributed by atoms with E-state index >= 15 is 0 Å². The van der Waals surface area contributed by atoms with Gasteiger partial charge in [-0.1, -0.05) is 122 Å². The largest absolute Gasteiger partial charge is 0.496 e. The molecular weight excluding hydrogens is 592 g/mol. The molecule has 5 heteroatoms. The van der Waals surface area contributed by atoms with Crippen molar-refractivity contribution in [3.63, 3.8) is 0 Å². The Hall–Kier alpha value is -4.45. The van der Waals surface area contributed by atoms with Crippen molar-refractivity contribution in [2.75, 3.05) is 52.4 Å². The van der Waals surface area contributed by atoms with E-state index in [-0.39, 0.29) is 11.2 Å². The number of rotatable bonds is 11. The van der Waals surface area contributed by atoms with Crippen LogP contribution >= 0.6 is 0 Å². The number of morpholine rings is 1. The monoisotopic (exact) mass is 642 g/mol. The van der Waals surface area contributed by atoms with E-state index in [1.165, 1.54) is 16.8 Å². The number of ketones is 1. The molecule has 2 aliphatic rings. The van der Waals surface area contributed by atoms with Gasteiger partial charge in [-0.05, 0) is 57.1 Å². The Morgan fingerprint density at radius 3 is 1.98 bits per heavy atom. The van der Waals surface area contributed by atoms with Crippen LogP contribution in [0.5, 0.6) is 5.75 Å². The van der Waals surface area contributed by atoms with Crippen molar-refractivity contribution >= 4 is 11.5 Å². The Kier molecular flexibility index (Phi) is 12.4. The summed E-state index contributed by atoms with van der Waals surface area (Å²) in [7, 11) is 6.22. The number of methoxy groups -OCH3 is 1. The molecule has 4 aromatic rings. The van der Waals surface area contributed by atoms with Gasteiger partial charge in [0.15, 0.2) is 5.78 Å². The van der Waals surface area contributed by atoms with Gasteiger partial charge in [0.25, 0.3) is 0 Å². The summed E-state index contributed by atoms with van der Waals surface area (Å²) in [5, 5.41) is 0. The predicted molar refractivity (Wildman–Crippen MR) is 198 cm³/mol. The minimum atomic E-state index is -0.0989. The van der Waals surface area contributed by atoms with Crippen molar-refractivity contribution in [2.45, 2.75) is 43.6 Å². The van der Waals surface area contributed by atoms with E-state index in [1.54, 1.807) is 7.11 Å². The van der Waals surface area contributed by atoms with Gasteiger partial charge in [-0.25, -0.2) is 0 Å². The molecule has 5 nitrogen and oxygen atoms in total. The smallest absolute Gasteiger partial charge is 0.193 e. The van der Waals surface area contributed by atoms with E-state index in [1.807, 2.05) is 60.7 Å². The van der Waals surface area contributed by atoms with E-state index < -0.39 is 0 Å². The molecule has 0 aromatic heterocycles. The first-order valence-electron chi connectivity index (χ1n) is 17.2. The molecule has 250 valence electrons. The lowest BCUT2D eigenvalue weighted by Gasteiger charge is -2.41. The standard InChI is InChI=1S/C30H40N2O2.C13H10O/c1-5-28(31(2)3)26(24-13-15-25(16-14-24)32-19-21-34-22-20-32)23-30(17-9-6-10-18-30)27-11-7-8-12-29(27)33-4;14-13(11-7-3-1-4-8-11)12-9-5-2-6-10-12/h6-17,26,28H,5,18-23H2,1-4H3;1-10H. The summed E-state index contributed by atoms with van der Waals surface area (Å²) >= 11 is 0. The van der Waals surface area contributed by atoms with Crippen molar-refractivity contribution in [3.05, 3.63) is 156 Å². The molecule has 1 aliphatic carbocycles. The van der Waals surface area contributed by atoms with Gasteiger partial charge >= 0.3 is 0 Å². The van der Waals surface area contributed by atoms with Crippen LogP contribution < -0.4 is 9.64 Å². The number of para-hydroxylation sites is 1. The first-order valence-corrected chi connectivity index (χ1v) is 17.2. The Labute approximate surface area is 287 Å². The molecule has 0 amide bonds. The lowest BCUT2D eigenvalue weighted by Crippen LogP contribution is -2.38. The van der Waals surface area contributed by atoms with Crippen molar-refractivity contribution in [3.8, 4) is 5.75 Å². The highest BCUT2D eigenvalue weighted by Crippen LogP contribution is 2.46.